The molecule has 0 aromatic carbocycles. The van der Waals surface area contributed by atoms with Gasteiger partial charge in [0.25, 0.3) is 0 Å². The van der Waals surface area contributed by atoms with E-state index < -0.39 is 0 Å². The molecule has 1 heterocycles. The second-order valence-electron chi connectivity index (χ2n) is 2.44. The Labute approximate surface area is 56.2 Å². The van der Waals surface area contributed by atoms with E-state index in [0.29, 0.717) is 0 Å². The number of nitrogens with two attached hydrogens (primary N) is 1. The highest BCUT2D eigenvalue weighted by atomic mass is 14.7. The molecule has 0 saturated carbocycles. The monoisotopic (exact) mass is 126 g/mol. The largest absolute Gasteiger partial charge is 0.330 e. The van der Waals surface area contributed by atoms with Crippen LogP contribution in [0.15, 0.2) is 4.99 Å². The summed E-state index contributed by atoms with van der Waals surface area (Å²) in [5, 5.41) is 0. The molecule has 0 spiro atoms. The van der Waals surface area contributed by atoms with Gasteiger partial charge in [0, 0.05) is 12.3 Å². The Hall–Kier alpha value is -0.370. The van der Waals surface area contributed by atoms with Crippen LogP contribution in [0.3, 0.4) is 0 Å². The van der Waals surface area contributed by atoms with Gasteiger partial charge in [-0.1, -0.05) is 0 Å². The highest BCUT2D eigenvalue weighted by Crippen LogP contribution is 2.07. The molecule has 2 heteroatoms. The number of hydrogen-bond acceptors (Lipinski definition) is 2. The summed E-state index contributed by atoms with van der Waals surface area (Å²) < 4.78 is 0. The molecule has 2 nitrogen and oxygen atoms in total. The van der Waals surface area contributed by atoms with Crippen molar-refractivity contribution in [2.75, 3.05) is 13.1 Å². The van der Waals surface area contributed by atoms with Crippen LogP contribution >= 0.6 is 0 Å². The lowest BCUT2D eigenvalue weighted by Crippen LogP contribution is -2.11. The quantitative estimate of drug-likeness (QED) is 0.588. The third-order valence-corrected chi connectivity index (χ3v) is 1.64. The average molecular weight is 126 g/mol. The van der Waals surface area contributed by atoms with E-state index >= 15 is 0 Å². The molecule has 1 aliphatic rings. The number of rotatable bonds is 2. The smallest absolute Gasteiger partial charge is 0.0388 e. The third-order valence-electron chi connectivity index (χ3n) is 1.64. The van der Waals surface area contributed by atoms with Gasteiger partial charge in [-0.05, 0) is 32.2 Å². The maximum Gasteiger partial charge on any atom is 0.0388 e. The lowest BCUT2D eigenvalue weighted by atomic mass is 10.1. The maximum absolute atomic E-state index is 5.38. The van der Waals surface area contributed by atoms with Gasteiger partial charge < -0.3 is 5.73 Å². The molecule has 0 atom stereocenters. The molecule has 0 fully saturated rings. The van der Waals surface area contributed by atoms with E-state index in [1.54, 1.807) is 0 Å². The van der Waals surface area contributed by atoms with Crippen LogP contribution in [0.2, 0.25) is 0 Å². The lowest BCUT2D eigenvalue weighted by molar-refractivity contribution is 0.724. The Morgan fingerprint density at radius 2 is 2.33 bits per heavy atom. The van der Waals surface area contributed by atoms with Crippen molar-refractivity contribution in [3.05, 3.63) is 0 Å². The number of nitrogens with zero attached hydrogens (tertiary/aromatic N) is 1. The van der Waals surface area contributed by atoms with Crippen molar-refractivity contribution >= 4 is 5.71 Å². The van der Waals surface area contributed by atoms with E-state index in [1.807, 2.05) is 0 Å². The lowest BCUT2D eigenvalue weighted by Gasteiger charge is -2.09. The van der Waals surface area contributed by atoms with Gasteiger partial charge >= 0.3 is 0 Å². The predicted molar refractivity (Wildman–Crippen MR) is 39.8 cm³/mol. The Balaban J connectivity index is 2.28. The normalized spacial score (nSPS) is 19.4. The van der Waals surface area contributed by atoms with E-state index in [0.717, 1.165) is 19.5 Å². The Morgan fingerprint density at radius 3 is 2.89 bits per heavy atom. The number of aliphatic imine (C=N–C) groups is 1. The first-order valence-corrected chi connectivity index (χ1v) is 3.66. The predicted octanol–water partition coefficient (Wildman–Crippen LogP) is 0.960. The van der Waals surface area contributed by atoms with E-state index in [9.17, 15) is 0 Å². The van der Waals surface area contributed by atoms with Gasteiger partial charge in [0.1, 0.15) is 0 Å². The summed E-state index contributed by atoms with van der Waals surface area (Å²) in [5.74, 6) is 0. The Bertz CT molecular complexity index is 107. The third kappa shape index (κ3) is 2.14. The van der Waals surface area contributed by atoms with Gasteiger partial charge in [-0.2, -0.15) is 0 Å². The van der Waals surface area contributed by atoms with Gasteiger partial charge in [-0.15, -0.1) is 0 Å². The van der Waals surface area contributed by atoms with Crippen LogP contribution in [-0.2, 0) is 0 Å². The molecule has 0 aliphatic carbocycles. The Kier molecular flexibility index (Phi) is 2.71. The summed E-state index contributed by atoms with van der Waals surface area (Å²) in [5.41, 5.74) is 6.72. The summed E-state index contributed by atoms with van der Waals surface area (Å²) in [4.78, 5) is 4.36. The van der Waals surface area contributed by atoms with Crippen LogP contribution in [0.1, 0.15) is 25.7 Å². The van der Waals surface area contributed by atoms with Crippen molar-refractivity contribution in [1.29, 1.82) is 0 Å². The fourth-order valence-electron chi connectivity index (χ4n) is 1.13. The highest BCUT2D eigenvalue weighted by Gasteiger charge is 2.02. The average Bonchev–Trinajstić information content (AvgIpc) is 1.91. The van der Waals surface area contributed by atoms with Gasteiger partial charge in [0.2, 0.25) is 0 Å². The molecule has 1 aliphatic heterocycles. The highest BCUT2D eigenvalue weighted by molar-refractivity contribution is 5.85. The van der Waals surface area contributed by atoms with Crippen LogP contribution in [-0.4, -0.2) is 18.8 Å². The van der Waals surface area contributed by atoms with Crippen LogP contribution in [0.5, 0.6) is 0 Å². The van der Waals surface area contributed by atoms with E-state index in [-0.39, 0.29) is 0 Å². The fraction of sp³-hybridized carbons (Fsp3) is 0.857. The summed E-state index contributed by atoms with van der Waals surface area (Å²) in [6.07, 6.45) is 4.80. The minimum atomic E-state index is 0.763. The molecular formula is C7H14N2. The second-order valence-corrected chi connectivity index (χ2v) is 2.44. The zero-order valence-corrected chi connectivity index (χ0v) is 5.77. The standard InChI is InChI=1S/C7H14N2/c8-5-4-7-3-1-2-6-9-7/h1-6,8H2. The van der Waals surface area contributed by atoms with Gasteiger partial charge in [-0.25, -0.2) is 0 Å². The van der Waals surface area contributed by atoms with Gasteiger partial charge in [0.15, 0.2) is 0 Å². The SMILES string of the molecule is NCCC1=NCCCC1. The van der Waals surface area contributed by atoms with E-state index in [1.165, 1.54) is 25.0 Å². The first-order valence-electron chi connectivity index (χ1n) is 3.66. The molecule has 0 unspecified atom stereocenters. The van der Waals surface area contributed by atoms with Gasteiger partial charge in [-0.3, -0.25) is 4.99 Å². The van der Waals surface area contributed by atoms with E-state index in [2.05, 4.69) is 4.99 Å². The minimum absolute atomic E-state index is 0.763. The van der Waals surface area contributed by atoms with Crippen molar-refractivity contribution < 1.29 is 0 Å². The fourth-order valence-corrected chi connectivity index (χ4v) is 1.13. The Morgan fingerprint density at radius 1 is 1.44 bits per heavy atom. The zero-order valence-electron chi connectivity index (χ0n) is 5.77. The zero-order chi connectivity index (χ0) is 6.53. The first kappa shape index (κ1) is 6.75. The molecule has 0 aromatic heterocycles. The summed E-state index contributed by atoms with van der Waals surface area (Å²) >= 11 is 0. The van der Waals surface area contributed by atoms with Gasteiger partial charge in [0.05, 0.1) is 0 Å². The van der Waals surface area contributed by atoms with Crippen LogP contribution < -0.4 is 5.73 Å². The van der Waals surface area contributed by atoms with Crippen molar-refractivity contribution in [3.8, 4) is 0 Å². The molecular weight excluding hydrogens is 112 g/mol. The molecule has 2 N–H and O–H groups in total. The van der Waals surface area contributed by atoms with Crippen LogP contribution in [0.25, 0.3) is 0 Å². The summed E-state index contributed by atoms with van der Waals surface area (Å²) in [7, 11) is 0. The van der Waals surface area contributed by atoms with Crippen LogP contribution in [0, 0.1) is 0 Å². The topological polar surface area (TPSA) is 38.4 Å². The summed E-state index contributed by atoms with van der Waals surface area (Å²) in [6.45, 7) is 1.80. The van der Waals surface area contributed by atoms with Crippen molar-refractivity contribution in [2.45, 2.75) is 25.7 Å². The summed E-state index contributed by atoms with van der Waals surface area (Å²) in [6, 6.07) is 0. The molecule has 0 amide bonds. The second kappa shape index (κ2) is 3.62. The molecule has 0 radical (unpaired) electrons. The maximum atomic E-state index is 5.38. The van der Waals surface area contributed by atoms with Crippen LogP contribution in [0.4, 0.5) is 0 Å². The molecule has 9 heavy (non-hydrogen) atoms. The van der Waals surface area contributed by atoms with Crippen molar-refractivity contribution in [2.24, 2.45) is 10.7 Å². The molecule has 52 valence electrons. The van der Waals surface area contributed by atoms with Crippen molar-refractivity contribution in [1.82, 2.24) is 0 Å². The number of hydrogen-bond donors (Lipinski definition) is 1. The molecule has 1 rings (SSSR count). The molecule has 0 saturated heterocycles. The molecule has 0 aromatic rings. The van der Waals surface area contributed by atoms with Crippen molar-refractivity contribution in [3.63, 3.8) is 0 Å². The van der Waals surface area contributed by atoms with E-state index in [4.69, 9.17) is 5.73 Å². The first-order chi connectivity index (χ1) is 4.43. The minimum Gasteiger partial charge on any atom is -0.330 e. The molecule has 0 bridgehead atoms.